The molecule has 1 N–H and O–H groups in total. The van der Waals surface area contributed by atoms with Crippen LogP contribution in [0.5, 0.6) is 0 Å². The molecule has 40 heavy (non-hydrogen) atoms. The van der Waals surface area contributed by atoms with Crippen molar-refractivity contribution in [2.75, 3.05) is 17.4 Å². The largest absolute Gasteiger partial charge is 0.354 e. The Kier molecular flexibility index (Phi) is 10.7. The lowest BCUT2D eigenvalue weighted by Crippen LogP contribution is -2.52. The second-order valence-corrected chi connectivity index (χ2v) is 12.3. The highest BCUT2D eigenvalue weighted by Gasteiger charge is 2.34. The van der Waals surface area contributed by atoms with Crippen molar-refractivity contribution >= 4 is 39.1 Å². The van der Waals surface area contributed by atoms with Crippen LogP contribution in [0.3, 0.4) is 0 Å². The number of hydrogen-bond acceptors (Lipinski definition) is 4. The molecule has 0 aromatic heterocycles. The van der Waals surface area contributed by atoms with Crippen LogP contribution in [-0.2, 0) is 26.2 Å². The maximum absolute atomic E-state index is 14.0. The summed E-state index contributed by atoms with van der Waals surface area (Å²) in [6.45, 7) is 7.57. The van der Waals surface area contributed by atoms with Crippen LogP contribution in [0.25, 0.3) is 0 Å². The number of halogens is 2. The first-order valence-electron chi connectivity index (χ1n) is 13.1. The first-order valence-corrected chi connectivity index (χ1v) is 14.9. The molecule has 0 saturated carbocycles. The monoisotopic (exact) mass is 587 g/mol. The van der Waals surface area contributed by atoms with Crippen molar-refractivity contribution < 1.29 is 22.4 Å². The molecule has 1 atom stereocenters. The molecule has 0 aliphatic heterocycles. The van der Waals surface area contributed by atoms with E-state index in [4.69, 9.17) is 11.6 Å². The van der Waals surface area contributed by atoms with Gasteiger partial charge in [-0.2, -0.15) is 0 Å². The molecule has 0 unspecified atom stereocenters. The number of aryl methyl sites for hydroxylation is 1. The third-order valence-corrected chi connectivity index (χ3v) is 8.38. The highest BCUT2D eigenvalue weighted by Crippen LogP contribution is 2.28. The molecular formula is C30H35ClFN3O4S. The molecule has 0 bridgehead atoms. The average molecular weight is 588 g/mol. The van der Waals surface area contributed by atoms with E-state index >= 15 is 0 Å². The molecule has 0 saturated heterocycles. The number of hydrogen-bond donors (Lipinski definition) is 1. The van der Waals surface area contributed by atoms with Crippen LogP contribution in [0.15, 0.2) is 77.7 Å². The summed E-state index contributed by atoms with van der Waals surface area (Å²) in [4.78, 5) is 28.6. The van der Waals surface area contributed by atoms with Crippen molar-refractivity contribution in [2.24, 2.45) is 5.92 Å². The molecular weight excluding hydrogens is 553 g/mol. The van der Waals surface area contributed by atoms with Crippen molar-refractivity contribution in [1.29, 1.82) is 0 Å². The zero-order valence-corrected chi connectivity index (χ0v) is 24.7. The molecule has 0 heterocycles. The average Bonchev–Trinajstić information content (AvgIpc) is 2.92. The van der Waals surface area contributed by atoms with Gasteiger partial charge in [0.2, 0.25) is 11.8 Å². The third kappa shape index (κ3) is 7.82. The Hall–Kier alpha value is -3.43. The smallest absolute Gasteiger partial charge is 0.264 e. The SMILES string of the molecule is CC[C@@H](C(=O)NCC(C)C)N(Cc1cccc(C)c1)C(=O)CN(c1ccc(F)c(Cl)c1)S(=O)(=O)c1ccccc1. The van der Waals surface area contributed by atoms with Crippen molar-refractivity contribution in [3.63, 3.8) is 0 Å². The summed E-state index contributed by atoms with van der Waals surface area (Å²) in [5.74, 6) is -1.42. The van der Waals surface area contributed by atoms with Crippen LogP contribution in [0.4, 0.5) is 10.1 Å². The fraction of sp³-hybridized carbons (Fsp3) is 0.333. The van der Waals surface area contributed by atoms with E-state index in [1.165, 1.54) is 29.2 Å². The van der Waals surface area contributed by atoms with Gasteiger partial charge in [0.1, 0.15) is 18.4 Å². The Morgan fingerprint density at radius 1 is 1.00 bits per heavy atom. The number of rotatable bonds is 12. The van der Waals surface area contributed by atoms with Crippen LogP contribution >= 0.6 is 11.6 Å². The highest BCUT2D eigenvalue weighted by atomic mass is 35.5. The van der Waals surface area contributed by atoms with Crippen molar-refractivity contribution in [3.8, 4) is 0 Å². The summed E-state index contributed by atoms with van der Waals surface area (Å²) < 4.78 is 42.5. The minimum Gasteiger partial charge on any atom is -0.354 e. The molecule has 3 rings (SSSR count). The van der Waals surface area contributed by atoms with Crippen LogP contribution in [0.2, 0.25) is 5.02 Å². The van der Waals surface area contributed by atoms with Gasteiger partial charge in [-0.3, -0.25) is 13.9 Å². The van der Waals surface area contributed by atoms with Gasteiger partial charge in [0, 0.05) is 13.1 Å². The summed E-state index contributed by atoms with van der Waals surface area (Å²) >= 11 is 6.01. The number of nitrogens with one attached hydrogen (secondary N) is 1. The molecule has 2 amide bonds. The highest BCUT2D eigenvalue weighted by molar-refractivity contribution is 7.92. The molecule has 0 spiro atoms. The van der Waals surface area contributed by atoms with Gasteiger partial charge in [-0.1, -0.05) is 80.4 Å². The number of sulfonamides is 1. The summed E-state index contributed by atoms with van der Waals surface area (Å²) in [5.41, 5.74) is 1.80. The molecule has 3 aromatic carbocycles. The van der Waals surface area contributed by atoms with Crippen LogP contribution in [-0.4, -0.2) is 44.3 Å². The zero-order chi connectivity index (χ0) is 29.4. The second kappa shape index (κ2) is 13.8. The van der Waals surface area contributed by atoms with E-state index in [9.17, 15) is 22.4 Å². The lowest BCUT2D eigenvalue weighted by atomic mass is 10.1. The van der Waals surface area contributed by atoms with Gasteiger partial charge in [0.25, 0.3) is 10.0 Å². The predicted molar refractivity (Wildman–Crippen MR) is 156 cm³/mol. The fourth-order valence-corrected chi connectivity index (χ4v) is 5.84. The van der Waals surface area contributed by atoms with Gasteiger partial charge in [0.05, 0.1) is 15.6 Å². The second-order valence-electron chi connectivity index (χ2n) is 10.00. The summed E-state index contributed by atoms with van der Waals surface area (Å²) in [7, 11) is -4.26. The van der Waals surface area contributed by atoms with E-state index in [1.807, 2.05) is 45.0 Å². The molecule has 7 nitrogen and oxygen atoms in total. The van der Waals surface area contributed by atoms with E-state index < -0.39 is 34.3 Å². The van der Waals surface area contributed by atoms with E-state index in [0.29, 0.717) is 13.0 Å². The molecule has 3 aromatic rings. The first-order chi connectivity index (χ1) is 18.9. The first kappa shape index (κ1) is 31.1. The topological polar surface area (TPSA) is 86.8 Å². The Morgan fingerprint density at radius 3 is 2.30 bits per heavy atom. The maximum Gasteiger partial charge on any atom is 0.264 e. The number of anilines is 1. The van der Waals surface area contributed by atoms with Gasteiger partial charge in [0.15, 0.2) is 0 Å². The summed E-state index contributed by atoms with van der Waals surface area (Å²) in [6.07, 6.45) is 0.315. The lowest BCUT2D eigenvalue weighted by Gasteiger charge is -2.33. The Balaban J connectivity index is 2.06. The molecule has 10 heteroatoms. The van der Waals surface area contributed by atoms with Crippen molar-refractivity contribution in [1.82, 2.24) is 10.2 Å². The van der Waals surface area contributed by atoms with E-state index in [2.05, 4.69) is 5.32 Å². The standard InChI is InChI=1S/C30H35ClFN3O4S/c1-5-28(30(37)33-18-21(2)3)34(19-23-11-9-10-22(4)16-23)29(36)20-35(24-14-15-27(32)26(31)17-24)40(38,39)25-12-7-6-8-13-25/h6-17,21,28H,5,18-20H2,1-4H3,(H,33,37)/t28-/m0/s1. The third-order valence-electron chi connectivity index (χ3n) is 6.31. The predicted octanol–water partition coefficient (Wildman–Crippen LogP) is 5.56. The van der Waals surface area contributed by atoms with E-state index in [1.54, 1.807) is 25.1 Å². The minimum absolute atomic E-state index is 0.0245. The van der Waals surface area contributed by atoms with Crippen molar-refractivity contribution in [3.05, 3.63) is 94.8 Å². The molecule has 0 fully saturated rings. The van der Waals surface area contributed by atoms with Gasteiger partial charge in [-0.25, -0.2) is 12.8 Å². The van der Waals surface area contributed by atoms with Crippen molar-refractivity contribution in [2.45, 2.75) is 51.6 Å². The zero-order valence-electron chi connectivity index (χ0n) is 23.1. The van der Waals surface area contributed by atoms with Gasteiger partial charge in [-0.05, 0) is 55.2 Å². The van der Waals surface area contributed by atoms with Gasteiger partial charge >= 0.3 is 0 Å². The number of amides is 2. The maximum atomic E-state index is 14.0. The molecule has 0 aliphatic carbocycles. The van der Waals surface area contributed by atoms with Gasteiger partial charge < -0.3 is 10.2 Å². The summed E-state index contributed by atoms with van der Waals surface area (Å²) in [6, 6.07) is 17.8. The Morgan fingerprint density at radius 2 is 1.70 bits per heavy atom. The van der Waals surface area contributed by atoms with E-state index in [-0.39, 0.29) is 34.0 Å². The molecule has 214 valence electrons. The van der Waals surface area contributed by atoms with Crippen LogP contribution in [0, 0.1) is 18.7 Å². The molecule has 0 aliphatic rings. The van der Waals surface area contributed by atoms with Crippen LogP contribution in [0.1, 0.15) is 38.3 Å². The van der Waals surface area contributed by atoms with Gasteiger partial charge in [-0.15, -0.1) is 0 Å². The number of nitrogens with zero attached hydrogens (tertiary/aromatic N) is 2. The number of carbonyl (C=O) groups excluding carboxylic acids is 2. The van der Waals surface area contributed by atoms with E-state index in [0.717, 1.165) is 21.5 Å². The number of carbonyl (C=O) groups is 2. The minimum atomic E-state index is -4.26. The quantitative estimate of drug-likeness (QED) is 0.300. The lowest BCUT2D eigenvalue weighted by molar-refractivity contribution is -0.140. The Bertz CT molecular complexity index is 1430. The van der Waals surface area contributed by atoms with Crippen LogP contribution < -0.4 is 9.62 Å². The fourth-order valence-electron chi connectivity index (χ4n) is 4.24. The normalized spacial score (nSPS) is 12.2. The summed E-state index contributed by atoms with van der Waals surface area (Å²) in [5, 5.41) is 2.61. The Labute approximate surface area is 241 Å². The number of benzene rings is 3. The molecule has 0 radical (unpaired) electrons.